The number of aromatic nitrogens is 3. The predicted molar refractivity (Wildman–Crippen MR) is 162 cm³/mol. The maximum absolute atomic E-state index is 12.2. The lowest BCUT2D eigenvalue weighted by Crippen LogP contribution is -2.27. The summed E-state index contributed by atoms with van der Waals surface area (Å²) in [4.78, 5) is 5.46. The van der Waals surface area contributed by atoms with Gasteiger partial charge < -0.3 is 14.3 Å². The zero-order valence-electron chi connectivity index (χ0n) is 23.8. The van der Waals surface area contributed by atoms with E-state index in [4.69, 9.17) is 4.42 Å². The fraction of sp³-hybridized carbons (Fsp3) is 0.250. The average Bonchev–Trinajstić information content (AvgIpc) is 3.63. The van der Waals surface area contributed by atoms with Crippen molar-refractivity contribution >= 4 is 15.7 Å². The number of anilines is 1. The highest BCUT2D eigenvalue weighted by Gasteiger charge is 2.36. The third-order valence-corrected chi connectivity index (χ3v) is 7.64. The van der Waals surface area contributed by atoms with Crippen LogP contribution in [0.5, 0.6) is 0 Å². The van der Waals surface area contributed by atoms with Crippen molar-refractivity contribution in [1.29, 1.82) is 0 Å². The topological polar surface area (TPSA) is 104 Å². The van der Waals surface area contributed by atoms with Crippen LogP contribution in [0.25, 0.3) is 11.5 Å². The van der Waals surface area contributed by atoms with Crippen molar-refractivity contribution in [3.8, 4) is 11.5 Å². The molecule has 8 nitrogen and oxygen atoms in total. The normalized spacial score (nSPS) is 13.3. The molecule has 1 unspecified atom stereocenters. The maximum atomic E-state index is 12.2. The van der Waals surface area contributed by atoms with Gasteiger partial charge in [0.25, 0.3) is 0 Å². The van der Waals surface area contributed by atoms with Gasteiger partial charge in [-0.15, -0.1) is 10.2 Å². The van der Waals surface area contributed by atoms with E-state index in [1.165, 1.54) is 5.56 Å². The summed E-state index contributed by atoms with van der Waals surface area (Å²) in [5, 5.41) is 8.93. The van der Waals surface area contributed by atoms with E-state index in [1.807, 2.05) is 74.9 Å². The van der Waals surface area contributed by atoms with Crippen molar-refractivity contribution in [2.45, 2.75) is 31.7 Å². The Morgan fingerprint density at radius 3 is 2.32 bits per heavy atom. The summed E-state index contributed by atoms with van der Waals surface area (Å²) in [6, 6.07) is 28.0. The van der Waals surface area contributed by atoms with Gasteiger partial charge >= 0.3 is 0 Å². The van der Waals surface area contributed by atoms with Crippen LogP contribution >= 0.6 is 0 Å². The lowest BCUT2D eigenvalue weighted by atomic mass is 9.80. The minimum absolute atomic E-state index is 0.325. The molecule has 5 rings (SSSR count). The molecule has 1 atom stereocenters. The lowest BCUT2D eigenvalue weighted by Gasteiger charge is -2.25. The first-order valence-corrected chi connectivity index (χ1v) is 15.3. The molecule has 0 aliphatic heterocycles. The summed E-state index contributed by atoms with van der Waals surface area (Å²) in [5.74, 6) is 0.795. The Labute approximate surface area is 241 Å². The van der Waals surface area contributed by atoms with E-state index in [2.05, 4.69) is 56.0 Å². The van der Waals surface area contributed by atoms with Gasteiger partial charge in [-0.25, -0.2) is 8.42 Å². The molecule has 0 aliphatic carbocycles. The van der Waals surface area contributed by atoms with Gasteiger partial charge in [0, 0.05) is 29.7 Å². The molecule has 3 aromatic carbocycles. The van der Waals surface area contributed by atoms with E-state index in [9.17, 15) is 8.42 Å². The predicted octanol–water partition coefficient (Wildman–Crippen LogP) is 5.64. The molecule has 0 aliphatic rings. The third-order valence-electron chi connectivity index (χ3n) is 7.03. The Morgan fingerprint density at radius 2 is 1.63 bits per heavy atom. The molecule has 2 N–H and O–H groups in total. The second-order valence-electron chi connectivity index (χ2n) is 11.0. The molecule has 9 heteroatoms. The van der Waals surface area contributed by atoms with Gasteiger partial charge in [0.2, 0.25) is 21.8 Å². The van der Waals surface area contributed by atoms with Crippen LogP contribution in [0.3, 0.4) is 0 Å². The molecular weight excluding hydrogens is 534 g/mol. The summed E-state index contributed by atoms with van der Waals surface area (Å²) < 4.78 is 33.3. The SMILES string of the molecule is CN(C)Cc1ccccc1Cc1cc(NS(C)(=O)=O)cc(-c2nnc(C(C)(Cc3ccccc3)c3ccc[nH]3)o2)c1. The van der Waals surface area contributed by atoms with Crippen LogP contribution < -0.4 is 4.72 Å². The Balaban J connectivity index is 1.54. The highest BCUT2D eigenvalue weighted by Crippen LogP contribution is 2.36. The fourth-order valence-electron chi connectivity index (χ4n) is 5.16. The number of H-pyrrole nitrogens is 1. The molecular formula is C32H35N5O3S. The fourth-order valence-corrected chi connectivity index (χ4v) is 5.71. The highest BCUT2D eigenvalue weighted by molar-refractivity contribution is 7.92. The summed E-state index contributed by atoms with van der Waals surface area (Å²) in [6.07, 6.45) is 4.30. The molecule has 2 heterocycles. The summed E-state index contributed by atoms with van der Waals surface area (Å²) in [5.41, 5.74) is 5.89. The number of nitrogens with one attached hydrogen (secondary N) is 2. The Bertz CT molecular complexity index is 1710. The first-order valence-electron chi connectivity index (χ1n) is 13.4. The zero-order chi connectivity index (χ0) is 29.0. The molecule has 2 aromatic heterocycles. The van der Waals surface area contributed by atoms with Crippen LogP contribution in [0.4, 0.5) is 5.69 Å². The molecule has 0 saturated heterocycles. The van der Waals surface area contributed by atoms with Crippen LogP contribution in [0.2, 0.25) is 0 Å². The van der Waals surface area contributed by atoms with E-state index < -0.39 is 15.4 Å². The molecule has 5 aromatic rings. The Morgan fingerprint density at radius 1 is 0.902 bits per heavy atom. The molecule has 212 valence electrons. The molecule has 0 fully saturated rings. The van der Waals surface area contributed by atoms with Gasteiger partial charge in [-0.05, 0) is 86.4 Å². The van der Waals surface area contributed by atoms with Crippen molar-refractivity contribution in [2.24, 2.45) is 0 Å². The second kappa shape index (κ2) is 11.7. The van der Waals surface area contributed by atoms with Gasteiger partial charge in [0.05, 0.1) is 11.7 Å². The van der Waals surface area contributed by atoms with Gasteiger partial charge in [0.1, 0.15) is 0 Å². The quantitative estimate of drug-likeness (QED) is 0.213. The summed E-state index contributed by atoms with van der Waals surface area (Å²) >= 11 is 0. The van der Waals surface area contributed by atoms with E-state index in [0.29, 0.717) is 35.9 Å². The molecule has 41 heavy (non-hydrogen) atoms. The number of nitrogens with zero attached hydrogens (tertiary/aromatic N) is 3. The van der Waals surface area contributed by atoms with Crippen molar-refractivity contribution in [2.75, 3.05) is 25.1 Å². The van der Waals surface area contributed by atoms with Crippen molar-refractivity contribution in [3.05, 3.63) is 125 Å². The van der Waals surface area contributed by atoms with Crippen LogP contribution in [0, 0.1) is 0 Å². The van der Waals surface area contributed by atoms with Crippen LogP contribution in [0.15, 0.2) is 95.5 Å². The molecule has 0 saturated carbocycles. The third kappa shape index (κ3) is 6.93. The van der Waals surface area contributed by atoms with E-state index in [1.54, 1.807) is 6.07 Å². The zero-order valence-corrected chi connectivity index (χ0v) is 24.6. The van der Waals surface area contributed by atoms with E-state index in [-0.39, 0.29) is 0 Å². The van der Waals surface area contributed by atoms with Gasteiger partial charge in [-0.1, -0.05) is 54.6 Å². The number of sulfonamides is 1. The molecule has 0 radical (unpaired) electrons. The van der Waals surface area contributed by atoms with E-state index in [0.717, 1.165) is 35.2 Å². The summed E-state index contributed by atoms with van der Waals surface area (Å²) in [7, 11) is 0.579. The van der Waals surface area contributed by atoms with Crippen LogP contribution in [-0.4, -0.2) is 48.9 Å². The van der Waals surface area contributed by atoms with Crippen molar-refractivity contribution in [1.82, 2.24) is 20.1 Å². The number of hydrogen-bond donors (Lipinski definition) is 2. The Kier molecular flexibility index (Phi) is 8.10. The molecule has 0 bridgehead atoms. The number of rotatable bonds is 11. The molecule has 0 amide bonds. The number of aromatic amines is 1. The summed E-state index contributed by atoms with van der Waals surface area (Å²) in [6.45, 7) is 2.88. The maximum Gasteiger partial charge on any atom is 0.247 e. The average molecular weight is 570 g/mol. The minimum Gasteiger partial charge on any atom is -0.420 e. The van der Waals surface area contributed by atoms with Gasteiger partial charge in [0.15, 0.2) is 0 Å². The Hall–Kier alpha value is -4.21. The van der Waals surface area contributed by atoms with E-state index >= 15 is 0 Å². The van der Waals surface area contributed by atoms with Gasteiger partial charge in [-0.3, -0.25) is 4.72 Å². The minimum atomic E-state index is -3.50. The number of hydrogen-bond acceptors (Lipinski definition) is 6. The standard InChI is InChI=1S/C32H35N5O3S/c1-32(29-15-10-16-33-29,21-23-11-6-5-7-12-23)31-35-34-30(40-31)27-18-24(19-28(20-27)36-41(4,38)39)17-25-13-8-9-14-26(25)22-37(2)3/h5-16,18-20,33,36H,17,21-22H2,1-4H3. The molecule has 0 spiro atoms. The first kappa shape index (κ1) is 28.3. The van der Waals surface area contributed by atoms with Crippen molar-refractivity contribution < 1.29 is 12.8 Å². The lowest BCUT2D eigenvalue weighted by molar-refractivity contribution is 0.389. The van der Waals surface area contributed by atoms with Crippen molar-refractivity contribution in [3.63, 3.8) is 0 Å². The van der Waals surface area contributed by atoms with Gasteiger partial charge in [-0.2, -0.15) is 0 Å². The number of benzene rings is 3. The largest absolute Gasteiger partial charge is 0.420 e. The van der Waals surface area contributed by atoms with Crippen LogP contribution in [-0.2, 0) is 34.8 Å². The smallest absolute Gasteiger partial charge is 0.247 e. The highest BCUT2D eigenvalue weighted by atomic mass is 32.2. The first-order chi connectivity index (χ1) is 19.6. The second-order valence-corrected chi connectivity index (χ2v) is 12.7. The monoisotopic (exact) mass is 569 g/mol. The van der Waals surface area contributed by atoms with Crippen LogP contribution in [0.1, 0.15) is 40.8 Å².